The topological polar surface area (TPSA) is 21.3 Å². The van der Waals surface area contributed by atoms with Crippen LogP contribution in [0.4, 0.5) is 0 Å². The Labute approximate surface area is 69.3 Å². The van der Waals surface area contributed by atoms with Crippen molar-refractivity contribution in [3.8, 4) is 0 Å². The highest BCUT2D eigenvalue weighted by atomic mass is 16.5. The molecule has 0 spiro atoms. The first-order valence-electron chi connectivity index (χ1n) is 4.64. The third-order valence-electron chi connectivity index (χ3n) is 2.41. The van der Waals surface area contributed by atoms with Gasteiger partial charge in [0.15, 0.2) is 0 Å². The van der Waals surface area contributed by atoms with Gasteiger partial charge in [-0.25, -0.2) is 0 Å². The Bertz CT molecular complexity index is 106. The Kier molecular flexibility index (Phi) is 3.87. The molecule has 0 aliphatic heterocycles. The Morgan fingerprint density at radius 3 is 2.91 bits per heavy atom. The second-order valence-corrected chi connectivity index (χ2v) is 3.27. The molecule has 0 aromatic carbocycles. The molecule has 0 amide bonds. The molecule has 0 radical (unpaired) electrons. The zero-order valence-electron chi connectivity index (χ0n) is 7.60. The second kappa shape index (κ2) is 4.73. The standard InChI is InChI=1S/C9H19NO/c1-3-7-10-8-5-4-6-9(8)11-2/h8-10H,3-7H2,1-2H3/t8-,9+/m0/s1. The molecule has 0 aromatic heterocycles. The van der Waals surface area contributed by atoms with Crippen LogP contribution < -0.4 is 5.32 Å². The molecule has 1 fully saturated rings. The van der Waals surface area contributed by atoms with E-state index < -0.39 is 0 Å². The first-order valence-corrected chi connectivity index (χ1v) is 4.64. The zero-order valence-corrected chi connectivity index (χ0v) is 7.60. The minimum atomic E-state index is 0.474. The normalized spacial score (nSPS) is 31.1. The molecule has 0 unspecified atom stereocenters. The van der Waals surface area contributed by atoms with Gasteiger partial charge in [-0.05, 0) is 32.2 Å². The Hall–Kier alpha value is -0.0800. The molecule has 0 heterocycles. The van der Waals surface area contributed by atoms with Gasteiger partial charge >= 0.3 is 0 Å². The van der Waals surface area contributed by atoms with Crippen molar-refractivity contribution in [1.82, 2.24) is 5.32 Å². The summed E-state index contributed by atoms with van der Waals surface area (Å²) < 4.78 is 5.36. The highest BCUT2D eigenvalue weighted by Crippen LogP contribution is 2.21. The lowest BCUT2D eigenvalue weighted by atomic mass is 10.2. The van der Waals surface area contributed by atoms with Gasteiger partial charge < -0.3 is 10.1 Å². The molecule has 2 atom stereocenters. The summed E-state index contributed by atoms with van der Waals surface area (Å²) >= 11 is 0. The number of hydrogen-bond donors (Lipinski definition) is 1. The van der Waals surface area contributed by atoms with Crippen molar-refractivity contribution in [3.05, 3.63) is 0 Å². The fraction of sp³-hybridized carbons (Fsp3) is 1.00. The molecule has 1 aliphatic carbocycles. The third kappa shape index (κ3) is 2.46. The number of rotatable bonds is 4. The monoisotopic (exact) mass is 157 g/mol. The van der Waals surface area contributed by atoms with E-state index in [-0.39, 0.29) is 0 Å². The van der Waals surface area contributed by atoms with E-state index in [1.165, 1.54) is 25.7 Å². The van der Waals surface area contributed by atoms with Crippen LogP contribution in [0.5, 0.6) is 0 Å². The van der Waals surface area contributed by atoms with Crippen molar-refractivity contribution < 1.29 is 4.74 Å². The van der Waals surface area contributed by atoms with Gasteiger partial charge in [-0.3, -0.25) is 0 Å². The number of ether oxygens (including phenoxy) is 1. The summed E-state index contributed by atoms with van der Waals surface area (Å²) in [5.41, 5.74) is 0. The first-order chi connectivity index (χ1) is 5.38. The van der Waals surface area contributed by atoms with Crippen LogP contribution in [-0.2, 0) is 4.74 Å². The van der Waals surface area contributed by atoms with E-state index in [4.69, 9.17) is 4.74 Å². The first kappa shape index (κ1) is 9.01. The average Bonchev–Trinajstić information content (AvgIpc) is 2.47. The van der Waals surface area contributed by atoms with Gasteiger partial charge in [0.2, 0.25) is 0 Å². The van der Waals surface area contributed by atoms with Crippen molar-refractivity contribution in [2.24, 2.45) is 0 Å². The van der Waals surface area contributed by atoms with E-state index in [0.29, 0.717) is 12.1 Å². The van der Waals surface area contributed by atoms with Crippen LogP contribution in [0.15, 0.2) is 0 Å². The molecule has 0 aromatic rings. The summed E-state index contributed by atoms with van der Waals surface area (Å²) in [6, 6.07) is 0.625. The lowest BCUT2D eigenvalue weighted by Crippen LogP contribution is -2.37. The zero-order chi connectivity index (χ0) is 8.10. The van der Waals surface area contributed by atoms with E-state index in [1.54, 1.807) is 0 Å². The fourth-order valence-electron chi connectivity index (χ4n) is 1.77. The van der Waals surface area contributed by atoms with Crippen LogP contribution in [0.25, 0.3) is 0 Å². The lowest BCUT2D eigenvalue weighted by Gasteiger charge is -2.18. The van der Waals surface area contributed by atoms with Crippen LogP contribution in [0.3, 0.4) is 0 Å². The molecule has 1 aliphatic rings. The number of hydrogen-bond acceptors (Lipinski definition) is 2. The van der Waals surface area contributed by atoms with Crippen molar-refractivity contribution in [2.45, 2.75) is 44.8 Å². The molecule has 0 bridgehead atoms. The molecule has 1 saturated carbocycles. The van der Waals surface area contributed by atoms with Gasteiger partial charge in [0, 0.05) is 13.2 Å². The average molecular weight is 157 g/mol. The Morgan fingerprint density at radius 2 is 2.27 bits per heavy atom. The fourth-order valence-corrected chi connectivity index (χ4v) is 1.77. The minimum Gasteiger partial charge on any atom is -0.380 e. The van der Waals surface area contributed by atoms with E-state index >= 15 is 0 Å². The largest absolute Gasteiger partial charge is 0.380 e. The minimum absolute atomic E-state index is 0.474. The van der Waals surface area contributed by atoms with Crippen molar-refractivity contribution >= 4 is 0 Å². The smallest absolute Gasteiger partial charge is 0.0724 e. The summed E-state index contributed by atoms with van der Waals surface area (Å²) in [6.45, 7) is 3.33. The summed E-state index contributed by atoms with van der Waals surface area (Å²) in [5, 5.41) is 3.51. The molecular formula is C9H19NO. The van der Waals surface area contributed by atoms with Gasteiger partial charge in [0.1, 0.15) is 0 Å². The highest BCUT2D eigenvalue weighted by Gasteiger charge is 2.25. The van der Waals surface area contributed by atoms with Crippen molar-refractivity contribution in [1.29, 1.82) is 0 Å². The molecule has 1 N–H and O–H groups in total. The molecule has 1 rings (SSSR count). The van der Waals surface area contributed by atoms with Crippen LogP contribution in [0.2, 0.25) is 0 Å². The van der Waals surface area contributed by atoms with Gasteiger partial charge in [-0.15, -0.1) is 0 Å². The van der Waals surface area contributed by atoms with E-state index in [0.717, 1.165) is 6.54 Å². The third-order valence-corrected chi connectivity index (χ3v) is 2.41. The van der Waals surface area contributed by atoms with Gasteiger partial charge in [0.05, 0.1) is 6.10 Å². The van der Waals surface area contributed by atoms with Crippen LogP contribution in [-0.4, -0.2) is 25.8 Å². The van der Waals surface area contributed by atoms with Gasteiger partial charge in [-0.2, -0.15) is 0 Å². The Morgan fingerprint density at radius 1 is 1.45 bits per heavy atom. The van der Waals surface area contributed by atoms with Crippen LogP contribution in [0.1, 0.15) is 32.6 Å². The van der Waals surface area contributed by atoms with Gasteiger partial charge in [0.25, 0.3) is 0 Å². The molecular weight excluding hydrogens is 138 g/mol. The maximum atomic E-state index is 5.36. The SMILES string of the molecule is CCCN[C@H]1CCC[C@H]1OC. The van der Waals surface area contributed by atoms with E-state index in [1.807, 2.05) is 7.11 Å². The van der Waals surface area contributed by atoms with Crippen molar-refractivity contribution in [3.63, 3.8) is 0 Å². The van der Waals surface area contributed by atoms with Crippen molar-refractivity contribution in [2.75, 3.05) is 13.7 Å². The maximum absolute atomic E-state index is 5.36. The Balaban J connectivity index is 2.20. The number of nitrogens with one attached hydrogen (secondary N) is 1. The predicted octanol–water partition coefficient (Wildman–Crippen LogP) is 1.55. The lowest BCUT2D eigenvalue weighted by molar-refractivity contribution is 0.0853. The van der Waals surface area contributed by atoms with Crippen LogP contribution in [0, 0.1) is 0 Å². The van der Waals surface area contributed by atoms with E-state index in [9.17, 15) is 0 Å². The second-order valence-electron chi connectivity index (χ2n) is 3.27. The summed E-state index contributed by atoms with van der Waals surface area (Å²) in [4.78, 5) is 0. The summed E-state index contributed by atoms with van der Waals surface area (Å²) in [5.74, 6) is 0. The maximum Gasteiger partial charge on any atom is 0.0724 e. The number of methoxy groups -OCH3 is 1. The van der Waals surface area contributed by atoms with E-state index in [2.05, 4.69) is 12.2 Å². The molecule has 0 saturated heterocycles. The predicted molar refractivity (Wildman–Crippen MR) is 46.7 cm³/mol. The molecule has 11 heavy (non-hydrogen) atoms. The highest BCUT2D eigenvalue weighted by molar-refractivity contribution is 4.83. The quantitative estimate of drug-likeness (QED) is 0.668. The molecule has 2 nitrogen and oxygen atoms in total. The summed E-state index contributed by atoms with van der Waals surface area (Å²) in [7, 11) is 1.82. The summed E-state index contributed by atoms with van der Waals surface area (Å²) in [6.07, 6.45) is 5.53. The molecule has 66 valence electrons. The molecule has 2 heteroatoms. The van der Waals surface area contributed by atoms with Gasteiger partial charge in [-0.1, -0.05) is 6.92 Å². The van der Waals surface area contributed by atoms with Crippen LogP contribution >= 0.6 is 0 Å².